The largest absolute Gasteiger partial charge is 0.356 e. The molecule has 3 nitrogen and oxygen atoms in total. The first-order valence-corrected chi connectivity index (χ1v) is 6.13. The number of halogens is 1. The summed E-state index contributed by atoms with van der Waals surface area (Å²) in [5, 5.41) is 6.05. The van der Waals surface area contributed by atoms with E-state index in [1.165, 1.54) is 19.3 Å². The number of nitrogens with one attached hydrogen (secondary N) is 2. The van der Waals surface area contributed by atoms with E-state index in [-0.39, 0.29) is 18.3 Å². The van der Waals surface area contributed by atoms with E-state index >= 15 is 0 Å². The van der Waals surface area contributed by atoms with E-state index in [0.29, 0.717) is 5.92 Å². The lowest BCUT2D eigenvalue weighted by atomic mass is 10.0. The van der Waals surface area contributed by atoms with Gasteiger partial charge in [0.25, 0.3) is 0 Å². The first-order chi connectivity index (χ1) is 7.22. The molecule has 0 spiro atoms. The van der Waals surface area contributed by atoms with Crippen molar-refractivity contribution in [2.75, 3.05) is 20.1 Å². The first-order valence-electron chi connectivity index (χ1n) is 6.13. The third kappa shape index (κ3) is 6.33. The van der Waals surface area contributed by atoms with Crippen LogP contribution in [0.3, 0.4) is 0 Å². The molecule has 2 N–H and O–H groups in total. The van der Waals surface area contributed by atoms with Gasteiger partial charge in [0.05, 0.1) is 0 Å². The highest BCUT2D eigenvalue weighted by Gasteiger charge is 2.23. The van der Waals surface area contributed by atoms with Crippen LogP contribution in [0.2, 0.25) is 0 Å². The number of carbonyl (C=O) groups excluding carboxylic acids is 1. The van der Waals surface area contributed by atoms with Crippen molar-refractivity contribution in [3.05, 3.63) is 0 Å². The summed E-state index contributed by atoms with van der Waals surface area (Å²) < 4.78 is 0. The van der Waals surface area contributed by atoms with Crippen LogP contribution in [0.25, 0.3) is 0 Å². The molecule has 0 heterocycles. The van der Waals surface area contributed by atoms with E-state index in [4.69, 9.17) is 0 Å². The summed E-state index contributed by atoms with van der Waals surface area (Å²) in [6.45, 7) is 4.06. The van der Waals surface area contributed by atoms with Crippen molar-refractivity contribution < 1.29 is 4.79 Å². The highest BCUT2D eigenvalue weighted by atomic mass is 35.5. The van der Waals surface area contributed by atoms with Gasteiger partial charge in [-0.25, -0.2) is 0 Å². The summed E-state index contributed by atoms with van der Waals surface area (Å²) in [5.41, 5.74) is 0. The molecule has 1 fully saturated rings. The van der Waals surface area contributed by atoms with Gasteiger partial charge in [-0.3, -0.25) is 4.79 Å². The Labute approximate surface area is 105 Å². The van der Waals surface area contributed by atoms with Gasteiger partial charge in [0.15, 0.2) is 0 Å². The van der Waals surface area contributed by atoms with Gasteiger partial charge in [0, 0.05) is 13.0 Å². The van der Waals surface area contributed by atoms with Gasteiger partial charge in [0.1, 0.15) is 0 Å². The van der Waals surface area contributed by atoms with Crippen molar-refractivity contribution in [1.29, 1.82) is 0 Å². The van der Waals surface area contributed by atoms with Crippen LogP contribution >= 0.6 is 12.4 Å². The summed E-state index contributed by atoms with van der Waals surface area (Å²) in [6.07, 6.45) is 5.54. The predicted octanol–water partition coefficient (Wildman–Crippen LogP) is 1.96. The highest BCUT2D eigenvalue weighted by molar-refractivity contribution is 5.85. The topological polar surface area (TPSA) is 41.1 Å². The Kier molecular flexibility index (Phi) is 8.67. The van der Waals surface area contributed by atoms with Gasteiger partial charge in [-0.05, 0) is 44.7 Å². The molecule has 1 saturated carbocycles. The lowest BCUT2D eigenvalue weighted by Gasteiger charge is -2.09. The number of carbonyl (C=O) groups is 1. The Morgan fingerprint density at radius 1 is 1.31 bits per heavy atom. The summed E-state index contributed by atoms with van der Waals surface area (Å²) >= 11 is 0. The van der Waals surface area contributed by atoms with E-state index in [0.717, 1.165) is 31.8 Å². The summed E-state index contributed by atoms with van der Waals surface area (Å²) in [7, 11) is 1.93. The van der Waals surface area contributed by atoms with Crippen LogP contribution in [0, 0.1) is 11.8 Å². The fourth-order valence-corrected chi connectivity index (χ4v) is 2.34. The minimum atomic E-state index is 0. The maximum atomic E-state index is 11.5. The summed E-state index contributed by atoms with van der Waals surface area (Å²) in [6, 6.07) is 0. The maximum Gasteiger partial charge on any atom is 0.220 e. The summed E-state index contributed by atoms with van der Waals surface area (Å²) in [5.74, 6) is 1.71. The molecule has 0 aromatic carbocycles. The summed E-state index contributed by atoms with van der Waals surface area (Å²) in [4.78, 5) is 11.5. The van der Waals surface area contributed by atoms with Crippen LogP contribution in [0.1, 0.15) is 39.0 Å². The van der Waals surface area contributed by atoms with E-state index in [2.05, 4.69) is 17.6 Å². The minimum Gasteiger partial charge on any atom is -0.356 e. The zero-order chi connectivity index (χ0) is 11.1. The molecular weight excluding hydrogens is 224 g/mol. The molecule has 2 atom stereocenters. The smallest absolute Gasteiger partial charge is 0.220 e. The molecule has 16 heavy (non-hydrogen) atoms. The van der Waals surface area contributed by atoms with Gasteiger partial charge in [-0.15, -0.1) is 12.4 Å². The van der Waals surface area contributed by atoms with Crippen LogP contribution in [-0.4, -0.2) is 26.0 Å². The van der Waals surface area contributed by atoms with Crippen molar-refractivity contribution >= 4 is 18.3 Å². The zero-order valence-electron chi connectivity index (χ0n) is 10.4. The Bertz CT molecular complexity index is 199. The lowest BCUT2D eigenvalue weighted by Crippen LogP contribution is -2.27. The molecule has 0 aliphatic heterocycles. The Hall–Kier alpha value is -0.280. The van der Waals surface area contributed by atoms with Crippen molar-refractivity contribution in [3.63, 3.8) is 0 Å². The predicted molar refractivity (Wildman–Crippen MR) is 69.9 cm³/mol. The average molecular weight is 249 g/mol. The van der Waals surface area contributed by atoms with Gasteiger partial charge < -0.3 is 10.6 Å². The van der Waals surface area contributed by atoms with Crippen LogP contribution in [0.5, 0.6) is 0 Å². The number of amides is 1. The molecule has 1 rings (SSSR count). The second-order valence-electron chi connectivity index (χ2n) is 4.80. The average Bonchev–Trinajstić information content (AvgIpc) is 2.59. The van der Waals surface area contributed by atoms with Gasteiger partial charge >= 0.3 is 0 Å². The fraction of sp³-hybridized carbons (Fsp3) is 0.917. The van der Waals surface area contributed by atoms with Crippen LogP contribution in [0.4, 0.5) is 0 Å². The van der Waals surface area contributed by atoms with E-state index in [1.54, 1.807) is 0 Å². The van der Waals surface area contributed by atoms with Gasteiger partial charge in [0.2, 0.25) is 5.91 Å². The third-order valence-corrected chi connectivity index (χ3v) is 3.20. The molecule has 0 radical (unpaired) electrons. The fourth-order valence-electron chi connectivity index (χ4n) is 2.34. The van der Waals surface area contributed by atoms with Gasteiger partial charge in [-0.2, -0.15) is 0 Å². The maximum absolute atomic E-state index is 11.5. The number of hydrogen-bond donors (Lipinski definition) is 2. The molecule has 2 unspecified atom stereocenters. The molecule has 4 heteroatoms. The van der Waals surface area contributed by atoms with Crippen LogP contribution in [0.15, 0.2) is 0 Å². The van der Waals surface area contributed by atoms with Crippen molar-refractivity contribution in [1.82, 2.24) is 10.6 Å². The van der Waals surface area contributed by atoms with E-state index in [1.807, 2.05) is 7.05 Å². The molecule has 1 aliphatic rings. The lowest BCUT2D eigenvalue weighted by molar-refractivity contribution is -0.121. The molecule has 0 bridgehead atoms. The molecule has 1 amide bonds. The second kappa shape index (κ2) is 8.82. The molecule has 0 aromatic rings. The van der Waals surface area contributed by atoms with Crippen molar-refractivity contribution in [2.24, 2.45) is 11.8 Å². The molecule has 0 aromatic heterocycles. The SMILES string of the molecule is CNCCCNC(=O)CC1CCC(C)C1.Cl. The van der Waals surface area contributed by atoms with E-state index in [9.17, 15) is 4.79 Å². The Balaban J connectivity index is 0.00000225. The van der Waals surface area contributed by atoms with Crippen molar-refractivity contribution in [2.45, 2.75) is 39.0 Å². The minimum absolute atomic E-state index is 0. The Morgan fingerprint density at radius 3 is 2.62 bits per heavy atom. The quantitative estimate of drug-likeness (QED) is 0.706. The second-order valence-corrected chi connectivity index (χ2v) is 4.80. The standard InChI is InChI=1S/C12H24N2O.ClH/c1-10-4-5-11(8-10)9-12(15)14-7-3-6-13-2;/h10-11,13H,3-9H2,1-2H3,(H,14,15);1H. The van der Waals surface area contributed by atoms with E-state index < -0.39 is 0 Å². The van der Waals surface area contributed by atoms with Gasteiger partial charge in [-0.1, -0.05) is 13.3 Å². The van der Waals surface area contributed by atoms with Crippen LogP contribution in [-0.2, 0) is 4.79 Å². The molecule has 96 valence electrons. The Morgan fingerprint density at radius 2 is 2.06 bits per heavy atom. The molecule has 0 saturated heterocycles. The first kappa shape index (κ1) is 15.7. The molecule has 1 aliphatic carbocycles. The molecular formula is C12H25ClN2O. The normalized spacial score (nSPS) is 23.9. The van der Waals surface area contributed by atoms with Crippen LogP contribution < -0.4 is 10.6 Å². The highest BCUT2D eigenvalue weighted by Crippen LogP contribution is 2.32. The van der Waals surface area contributed by atoms with Crippen molar-refractivity contribution in [3.8, 4) is 0 Å². The number of rotatable bonds is 6. The zero-order valence-corrected chi connectivity index (χ0v) is 11.2. The third-order valence-electron chi connectivity index (χ3n) is 3.20. The monoisotopic (exact) mass is 248 g/mol. The number of hydrogen-bond acceptors (Lipinski definition) is 2.